The normalized spacial score (nSPS) is 16.9. The number of Topliss-reactive ketones (excluding diaryl/α,β-unsaturated/α-hetero) is 1. The second-order valence-electron chi connectivity index (χ2n) is 30.1. The van der Waals surface area contributed by atoms with Crippen LogP contribution in [-0.4, -0.2) is 308 Å². The van der Waals surface area contributed by atoms with Crippen LogP contribution in [-0.2, 0) is 111 Å². The van der Waals surface area contributed by atoms with Gasteiger partial charge >= 0.3 is 18.0 Å². The van der Waals surface area contributed by atoms with E-state index >= 15 is 0 Å². The van der Waals surface area contributed by atoms with Crippen LogP contribution in [0.5, 0.6) is 0 Å². The molecule has 654 valence electrons. The molecule has 2 fully saturated rings. The molecule has 1 aromatic rings. The van der Waals surface area contributed by atoms with Crippen molar-refractivity contribution in [2.45, 2.75) is 213 Å². The topological polar surface area (TPSA) is 479 Å². The number of ketones is 1. The Morgan fingerprint density at radius 2 is 1.28 bits per heavy atom. The van der Waals surface area contributed by atoms with Crippen LogP contribution in [0.3, 0.4) is 0 Å². The number of carbonyl (C=O) groups is 16. The SMILES string of the molecule is CC[C@H](C)[C@@H]([C@@H](CC(=O)N1CCC[C@H]1[C@H](OC)[C@@H](C)C(=O)N[C@@H](Cc1ccccc1)C(=O)NCCCOC(=O)C(C)NC(=O)CC[C@H](NC(=O)CCNC(=O)OCC(NC(=O)CNC(=O)CCOCCOCCCC(=O)CCN1C(=O)CC(C)C1=O)C(=O)NCCOC)C(=O)O)OC)N(C)C(=O)C(NC(=O)[C@H](C(C)C)N(C)C)C(C)C. The summed E-state index contributed by atoms with van der Waals surface area (Å²) in [4.78, 5) is 215. The van der Waals surface area contributed by atoms with E-state index in [4.69, 9.17) is 33.2 Å². The van der Waals surface area contributed by atoms with Crippen LogP contribution in [0.15, 0.2) is 30.3 Å². The fraction of sp³-hybridized carbons (Fsp3) is 0.722. The lowest BCUT2D eigenvalue weighted by Gasteiger charge is -2.41. The predicted molar refractivity (Wildman–Crippen MR) is 422 cm³/mol. The van der Waals surface area contributed by atoms with Crippen molar-refractivity contribution in [2.75, 3.05) is 128 Å². The smallest absolute Gasteiger partial charge is 0.407 e. The Morgan fingerprint density at radius 1 is 0.621 bits per heavy atom. The maximum atomic E-state index is 14.6. The van der Waals surface area contributed by atoms with Gasteiger partial charge in [-0.1, -0.05) is 92.1 Å². The van der Waals surface area contributed by atoms with Crippen LogP contribution < -0.4 is 47.9 Å². The molecule has 13 atom stereocenters. The van der Waals surface area contributed by atoms with Crippen molar-refractivity contribution in [3.05, 3.63) is 35.9 Å². The van der Waals surface area contributed by atoms with Crippen molar-refractivity contribution >= 4 is 94.7 Å². The number of methoxy groups -OCH3 is 3. The summed E-state index contributed by atoms with van der Waals surface area (Å²) in [6, 6.07) is 1.27. The van der Waals surface area contributed by atoms with E-state index in [9.17, 15) is 81.8 Å². The standard InChI is InChI=1S/C79H129N13O24/c1-16-50(6)69(90(12)76(105)67(48(2)3)88-74(103)68(49(4)5)89(10)11)60(111-14)45-66(99)91-35-20-26-59(91)70(112-15)52(8)71(100)87-57(44-54-23-18-17-19-24-54)72(101)80-32-22-38-115-78(108)53(9)84-62(95)28-27-56(77(106)107)85-63(96)29-33-82-79(109)116-47-58(73(102)81-34-40-110-13)86-64(97)46-83-61(94)31-39-114-42-41-113-37-21-25-55(93)30-36-92-65(98)43-51(7)75(92)104/h17-19,23-24,48-53,56-60,67-70H,16,20-22,25-47H2,1-15H3,(H,80,101)(H,81,102)(H,82,109)(H,83,94)(H,84,95)(H,85,96)(H,86,97)(H,87,100)(H,88,103)(H,106,107)/t50-,51?,52+,53?,56-,57-,58?,59-,60+,67?,68-,69-,70+/m0/s1. The lowest BCUT2D eigenvalue weighted by Crippen LogP contribution is -2.59. The van der Waals surface area contributed by atoms with Crippen molar-refractivity contribution in [1.29, 1.82) is 0 Å². The molecule has 0 aliphatic carbocycles. The molecule has 0 bridgehead atoms. The summed E-state index contributed by atoms with van der Waals surface area (Å²) >= 11 is 0. The molecule has 2 saturated heterocycles. The second kappa shape index (κ2) is 53.8. The van der Waals surface area contributed by atoms with E-state index in [1.807, 2.05) is 66.6 Å². The number of rotatable bonds is 57. The summed E-state index contributed by atoms with van der Waals surface area (Å²) in [5.74, 6) is -10.3. The number of carboxylic acids is 1. The largest absolute Gasteiger partial charge is 0.480 e. The fourth-order valence-corrected chi connectivity index (χ4v) is 13.5. The molecule has 0 radical (unpaired) electrons. The number of likely N-dealkylation sites (tertiary alicyclic amines) is 2. The summed E-state index contributed by atoms with van der Waals surface area (Å²) in [6.07, 6.45) is -1.38. The number of esters is 1. The fourth-order valence-electron chi connectivity index (χ4n) is 13.5. The van der Waals surface area contributed by atoms with Gasteiger partial charge < -0.3 is 95.9 Å². The zero-order valence-electron chi connectivity index (χ0n) is 70.3. The van der Waals surface area contributed by atoms with Gasteiger partial charge in [0.05, 0.1) is 82.3 Å². The molecule has 1 aromatic carbocycles. The number of nitrogens with one attached hydrogen (secondary N) is 9. The van der Waals surface area contributed by atoms with Crippen molar-refractivity contribution < 1.29 is 115 Å². The zero-order valence-corrected chi connectivity index (χ0v) is 70.3. The van der Waals surface area contributed by atoms with E-state index < -0.39 is 158 Å². The van der Waals surface area contributed by atoms with Crippen LogP contribution >= 0.6 is 0 Å². The van der Waals surface area contributed by atoms with Gasteiger partial charge in [-0.05, 0) is 76.4 Å². The van der Waals surface area contributed by atoms with E-state index in [2.05, 4.69) is 47.9 Å². The molecular weight excluding hydrogens is 1510 g/mol. The number of amides is 13. The molecule has 37 nitrogen and oxygen atoms in total. The molecule has 0 aromatic heterocycles. The van der Waals surface area contributed by atoms with E-state index in [1.165, 1.54) is 28.3 Å². The number of benzene rings is 1. The lowest BCUT2D eigenvalue weighted by atomic mass is 9.89. The molecule has 2 aliphatic rings. The monoisotopic (exact) mass is 1640 g/mol. The van der Waals surface area contributed by atoms with E-state index in [1.54, 1.807) is 55.0 Å². The molecule has 2 aliphatic heterocycles. The van der Waals surface area contributed by atoms with Crippen LogP contribution in [0.4, 0.5) is 4.79 Å². The molecule has 4 unspecified atom stereocenters. The Hall–Kier alpha value is -9.30. The van der Waals surface area contributed by atoms with Crippen LogP contribution in [0, 0.1) is 29.6 Å². The van der Waals surface area contributed by atoms with Crippen molar-refractivity contribution in [1.82, 2.24) is 67.5 Å². The summed E-state index contributed by atoms with van der Waals surface area (Å²) < 4.78 is 38.4. The Morgan fingerprint density at radius 3 is 1.89 bits per heavy atom. The minimum Gasteiger partial charge on any atom is -0.480 e. The molecule has 0 spiro atoms. The Balaban J connectivity index is 1.44. The highest BCUT2D eigenvalue weighted by Gasteiger charge is 2.44. The second-order valence-corrected chi connectivity index (χ2v) is 30.1. The Kier molecular flexibility index (Phi) is 46.8. The van der Waals surface area contributed by atoms with E-state index in [0.717, 1.165) is 10.5 Å². The molecule has 0 saturated carbocycles. The molecule has 37 heteroatoms. The number of ether oxygens (including phenoxy) is 7. The number of alkyl carbamates (subject to hydrolysis) is 1. The Labute approximate surface area is 680 Å². The first-order valence-electron chi connectivity index (χ1n) is 40.0. The first-order valence-corrected chi connectivity index (χ1v) is 40.0. The number of aliphatic carboxylic acids is 1. The molecule has 3 rings (SSSR count). The molecule has 2 heterocycles. The van der Waals surface area contributed by atoms with Crippen LogP contribution in [0.2, 0.25) is 0 Å². The van der Waals surface area contributed by atoms with Gasteiger partial charge in [-0.25, -0.2) is 14.4 Å². The molecule has 10 N–H and O–H groups in total. The quantitative estimate of drug-likeness (QED) is 0.0238. The maximum Gasteiger partial charge on any atom is 0.407 e. The van der Waals surface area contributed by atoms with Gasteiger partial charge in [0, 0.05) is 119 Å². The van der Waals surface area contributed by atoms with Gasteiger partial charge in [0.1, 0.15) is 42.6 Å². The average molecular weight is 1640 g/mol. The predicted octanol–water partition coefficient (Wildman–Crippen LogP) is 0.303. The first-order chi connectivity index (χ1) is 55.0. The van der Waals surface area contributed by atoms with Gasteiger partial charge in [-0.2, -0.15) is 0 Å². The van der Waals surface area contributed by atoms with E-state index in [0.29, 0.717) is 32.2 Å². The highest BCUT2D eigenvalue weighted by Crippen LogP contribution is 2.30. The van der Waals surface area contributed by atoms with Crippen LogP contribution in [0.25, 0.3) is 0 Å². The number of hydrogen-bond acceptors (Lipinski definition) is 24. The minimum absolute atomic E-state index is 0.00104. The number of imide groups is 1. The lowest BCUT2D eigenvalue weighted by molar-refractivity contribution is -0.148. The van der Waals surface area contributed by atoms with Gasteiger partial charge in [-0.15, -0.1) is 0 Å². The number of hydrogen-bond donors (Lipinski definition) is 10. The van der Waals surface area contributed by atoms with Gasteiger partial charge in [0.15, 0.2) is 0 Å². The summed E-state index contributed by atoms with van der Waals surface area (Å²) in [5.41, 5.74) is 0.743. The van der Waals surface area contributed by atoms with Crippen LogP contribution in [0.1, 0.15) is 151 Å². The van der Waals surface area contributed by atoms with E-state index in [-0.39, 0.29) is 170 Å². The number of carboxylic acid groups (broad SMARTS) is 1. The highest BCUT2D eigenvalue weighted by atomic mass is 16.6. The Bertz CT molecular complexity index is 3360. The number of carbonyl (C=O) groups excluding carboxylic acids is 15. The van der Waals surface area contributed by atoms with Gasteiger partial charge in [-0.3, -0.25) is 72.1 Å². The molecular formula is C79H129N13O24. The zero-order chi connectivity index (χ0) is 86.7. The van der Waals surface area contributed by atoms with Crippen molar-refractivity contribution in [3.63, 3.8) is 0 Å². The first kappa shape index (κ1) is 101. The average Bonchev–Trinajstić information content (AvgIpc) is 1.71. The van der Waals surface area contributed by atoms with Crippen molar-refractivity contribution in [3.8, 4) is 0 Å². The molecule has 13 amide bonds. The highest BCUT2D eigenvalue weighted by molar-refractivity contribution is 6.03. The minimum atomic E-state index is -1.58. The summed E-state index contributed by atoms with van der Waals surface area (Å²) in [7, 11) is 9.68. The number of likely N-dealkylation sites (N-methyl/N-ethyl adjacent to an activating group) is 2. The third kappa shape index (κ3) is 35.7. The summed E-state index contributed by atoms with van der Waals surface area (Å²) in [5, 5.41) is 32.8. The van der Waals surface area contributed by atoms with Crippen molar-refractivity contribution in [2.24, 2.45) is 29.6 Å². The summed E-state index contributed by atoms with van der Waals surface area (Å²) in [6.45, 7) is 15.5. The molecule has 116 heavy (non-hydrogen) atoms. The maximum absolute atomic E-state index is 14.6. The van der Waals surface area contributed by atoms with Gasteiger partial charge in [0.25, 0.3) is 0 Å². The number of nitrogens with zero attached hydrogens (tertiary/aromatic N) is 4. The van der Waals surface area contributed by atoms with Gasteiger partial charge in [0.2, 0.25) is 70.9 Å². The third-order valence-electron chi connectivity index (χ3n) is 20.1. The third-order valence-corrected chi connectivity index (χ3v) is 20.1.